The molecular formula is C41H30N3O2Pt-. The van der Waals surface area contributed by atoms with Gasteiger partial charge < -0.3 is 14.4 Å². The predicted octanol–water partition coefficient (Wildman–Crippen LogP) is 10.3. The van der Waals surface area contributed by atoms with E-state index in [1.54, 1.807) is 0 Å². The molecule has 0 aliphatic rings. The summed E-state index contributed by atoms with van der Waals surface area (Å²) in [6.07, 6.45) is 1.86. The molecule has 232 valence electrons. The zero-order valence-corrected chi connectivity index (χ0v) is 28.3. The van der Waals surface area contributed by atoms with Gasteiger partial charge in [-0.2, -0.15) is 0 Å². The minimum Gasteiger partial charge on any atom is -0.505 e. The molecule has 0 bridgehead atoms. The molecule has 0 spiro atoms. The number of pyridine rings is 2. The second-order valence-corrected chi connectivity index (χ2v) is 11.8. The Morgan fingerprint density at radius 2 is 1.47 bits per heavy atom. The maximum Gasteiger partial charge on any atom is 0.220 e. The number of aryl methyl sites for hydroxylation is 3. The van der Waals surface area contributed by atoms with Crippen molar-refractivity contribution >= 4 is 32.7 Å². The van der Waals surface area contributed by atoms with Crippen LogP contribution in [0.5, 0.6) is 17.4 Å². The number of phenolic OH excluding ortho intramolecular Hbond substituents is 1. The molecular weight excluding hydrogens is 762 g/mol. The fraction of sp³-hybridized carbons (Fsp3) is 0.0732. The first kappa shape index (κ1) is 30.4. The predicted molar refractivity (Wildman–Crippen MR) is 186 cm³/mol. The van der Waals surface area contributed by atoms with Gasteiger partial charge in [0.1, 0.15) is 17.1 Å². The third kappa shape index (κ3) is 5.37. The van der Waals surface area contributed by atoms with Gasteiger partial charge in [0.05, 0.1) is 0 Å². The Morgan fingerprint density at radius 3 is 2.23 bits per heavy atom. The second-order valence-electron chi connectivity index (χ2n) is 11.8. The van der Waals surface area contributed by atoms with E-state index in [0.29, 0.717) is 17.1 Å². The van der Waals surface area contributed by atoms with Crippen molar-refractivity contribution in [2.75, 3.05) is 0 Å². The van der Waals surface area contributed by atoms with Crippen LogP contribution in [0.25, 0.3) is 60.8 Å². The Hall–Kier alpha value is -5.25. The number of fused-ring (bicyclic) bond motifs is 4. The molecule has 3 heterocycles. The van der Waals surface area contributed by atoms with E-state index in [1.807, 2.05) is 92.0 Å². The molecule has 0 saturated heterocycles. The quantitative estimate of drug-likeness (QED) is 0.176. The Balaban J connectivity index is 0.00000351. The van der Waals surface area contributed by atoms with Crippen molar-refractivity contribution in [1.82, 2.24) is 14.5 Å². The van der Waals surface area contributed by atoms with E-state index < -0.39 is 0 Å². The van der Waals surface area contributed by atoms with Crippen LogP contribution in [0.15, 0.2) is 121 Å². The summed E-state index contributed by atoms with van der Waals surface area (Å²) in [5.41, 5.74) is 9.37. The number of hydrogen-bond donors (Lipinski definition) is 1. The number of aromatic hydroxyl groups is 1. The molecule has 47 heavy (non-hydrogen) atoms. The number of phenols is 1. The standard InChI is InChI=1S/C41H30N3O2.Pt/c1-25-14-16-34-35(20-25)44(37-23-30(18-19-42-37)28-10-6-4-7-11-28)36-24-32(22-26(2)38(34)36)46-41-27(3)21-31-15-17-33(40(45)39(31)43-41)29-12-8-5-9-13-29;/h4-23,45H,1-3H3;/q-1;. The van der Waals surface area contributed by atoms with E-state index in [4.69, 9.17) is 14.7 Å². The first-order valence-electron chi connectivity index (χ1n) is 15.3. The summed E-state index contributed by atoms with van der Waals surface area (Å²) in [5, 5.41) is 14.4. The molecule has 6 heteroatoms. The third-order valence-electron chi connectivity index (χ3n) is 8.59. The van der Waals surface area contributed by atoms with Crippen molar-refractivity contribution < 1.29 is 30.9 Å². The van der Waals surface area contributed by atoms with Crippen LogP contribution in [-0.2, 0) is 21.1 Å². The van der Waals surface area contributed by atoms with Crippen molar-refractivity contribution in [2.24, 2.45) is 0 Å². The van der Waals surface area contributed by atoms with Gasteiger partial charge in [-0.1, -0.05) is 96.7 Å². The molecule has 0 radical (unpaired) electrons. The summed E-state index contributed by atoms with van der Waals surface area (Å²) in [6.45, 7) is 6.17. The third-order valence-corrected chi connectivity index (χ3v) is 8.59. The van der Waals surface area contributed by atoms with Gasteiger partial charge in [0.15, 0.2) is 0 Å². The van der Waals surface area contributed by atoms with Gasteiger partial charge in [-0.25, -0.2) is 9.97 Å². The molecule has 0 aliphatic heterocycles. The number of nitrogens with zero attached hydrogens (tertiary/aromatic N) is 3. The molecule has 5 aromatic carbocycles. The molecule has 0 aliphatic carbocycles. The largest absolute Gasteiger partial charge is 0.505 e. The average molecular weight is 792 g/mol. The van der Waals surface area contributed by atoms with Gasteiger partial charge in [0.25, 0.3) is 0 Å². The molecule has 1 N–H and O–H groups in total. The van der Waals surface area contributed by atoms with Gasteiger partial charge in [-0.05, 0) is 71.8 Å². The Labute approximate surface area is 287 Å². The van der Waals surface area contributed by atoms with Crippen molar-refractivity contribution in [3.05, 3.63) is 144 Å². The molecule has 0 atom stereocenters. The normalized spacial score (nSPS) is 11.2. The number of rotatable bonds is 5. The van der Waals surface area contributed by atoms with Crippen molar-refractivity contribution in [3.8, 4) is 45.5 Å². The zero-order valence-electron chi connectivity index (χ0n) is 26.1. The summed E-state index contributed by atoms with van der Waals surface area (Å²) in [4.78, 5) is 9.67. The van der Waals surface area contributed by atoms with Crippen LogP contribution in [0, 0.1) is 26.8 Å². The van der Waals surface area contributed by atoms with Crippen LogP contribution in [0.1, 0.15) is 16.7 Å². The molecule has 5 nitrogen and oxygen atoms in total. The summed E-state index contributed by atoms with van der Waals surface area (Å²) < 4.78 is 8.67. The van der Waals surface area contributed by atoms with E-state index in [9.17, 15) is 5.11 Å². The summed E-state index contributed by atoms with van der Waals surface area (Å²) in [5.74, 6) is 1.89. The molecule has 8 rings (SSSR count). The number of hydrogen-bond acceptors (Lipinski definition) is 4. The van der Waals surface area contributed by atoms with E-state index in [2.05, 4.69) is 60.9 Å². The van der Waals surface area contributed by atoms with Crippen molar-refractivity contribution in [3.63, 3.8) is 0 Å². The SMILES string of the molecule is Cc1ccc2c3c(C)cc(Oc4nc5c(O)c(-c6ccccc6)ccc5cc4C)[c-]c3n(-c3cc(-c4ccccc4)ccn3)c2c1.[Pt]. The average Bonchev–Trinajstić information content (AvgIpc) is 3.40. The number of ether oxygens (including phenoxy) is 1. The van der Waals surface area contributed by atoms with Gasteiger partial charge in [0.2, 0.25) is 5.88 Å². The molecule has 0 saturated carbocycles. The Bertz CT molecular complexity index is 2440. The van der Waals surface area contributed by atoms with Crippen LogP contribution >= 0.6 is 0 Å². The zero-order chi connectivity index (χ0) is 31.4. The maximum absolute atomic E-state index is 11.3. The number of aromatic nitrogens is 3. The molecule has 3 aromatic heterocycles. The topological polar surface area (TPSA) is 60.2 Å². The van der Waals surface area contributed by atoms with Crippen LogP contribution in [-0.4, -0.2) is 19.6 Å². The molecule has 8 aromatic rings. The van der Waals surface area contributed by atoms with E-state index in [1.165, 1.54) is 0 Å². The van der Waals surface area contributed by atoms with Gasteiger partial charge in [0, 0.05) is 55.0 Å². The molecule has 0 unspecified atom stereocenters. The van der Waals surface area contributed by atoms with E-state index in [0.717, 1.165) is 72.0 Å². The Morgan fingerprint density at radius 1 is 0.723 bits per heavy atom. The fourth-order valence-electron chi connectivity index (χ4n) is 6.35. The van der Waals surface area contributed by atoms with Crippen molar-refractivity contribution in [1.29, 1.82) is 0 Å². The molecule has 0 amide bonds. The van der Waals surface area contributed by atoms with Gasteiger partial charge in [-0.3, -0.25) is 0 Å². The minimum absolute atomic E-state index is 0. The smallest absolute Gasteiger partial charge is 0.220 e. The van der Waals surface area contributed by atoms with Gasteiger partial charge in [-0.15, -0.1) is 17.7 Å². The summed E-state index contributed by atoms with van der Waals surface area (Å²) in [6, 6.07) is 42.3. The van der Waals surface area contributed by atoms with Crippen molar-refractivity contribution in [2.45, 2.75) is 20.8 Å². The maximum atomic E-state index is 11.3. The molecule has 0 fully saturated rings. The van der Waals surface area contributed by atoms with Crippen LogP contribution in [0.3, 0.4) is 0 Å². The number of benzene rings is 5. The van der Waals surface area contributed by atoms with Crippen LogP contribution in [0.2, 0.25) is 0 Å². The minimum atomic E-state index is 0. The van der Waals surface area contributed by atoms with Gasteiger partial charge >= 0.3 is 0 Å². The Kier molecular flexibility index (Phi) is 7.87. The first-order valence-corrected chi connectivity index (χ1v) is 15.3. The van der Waals surface area contributed by atoms with E-state index >= 15 is 0 Å². The fourth-order valence-corrected chi connectivity index (χ4v) is 6.35. The van der Waals surface area contributed by atoms with E-state index in [-0.39, 0.29) is 26.8 Å². The first-order chi connectivity index (χ1) is 22.4. The monoisotopic (exact) mass is 791 g/mol. The van der Waals surface area contributed by atoms with Crippen LogP contribution < -0.4 is 4.74 Å². The summed E-state index contributed by atoms with van der Waals surface area (Å²) in [7, 11) is 0. The summed E-state index contributed by atoms with van der Waals surface area (Å²) >= 11 is 0. The van der Waals surface area contributed by atoms with Crippen LogP contribution in [0.4, 0.5) is 0 Å². The second kappa shape index (κ2) is 12.2.